The van der Waals surface area contributed by atoms with Gasteiger partial charge < -0.3 is 20.3 Å². The summed E-state index contributed by atoms with van der Waals surface area (Å²) >= 11 is 0. The number of benzene rings is 1. The topological polar surface area (TPSA) is 66.7 Å². The number of fused-ring (bicyclic) bond motifs is 1. The zero-order valence-electron chi connectivity index (χ0n) is 16.8. The molecule has 4 rings (SSSR count). The molecule has 1 fully saturated rings. The molecule has 1 saturated heterocycles. The summed E-state index contributed by atoms with van der Waals surface area (Å²) in [7, 11) is 3.80. The Morgan fingerprint density at radius 3 is 3.14 bits per heavy atom. The molecule has 2 aliphatic rings. The minimum absolute atomic E-state index is 0.386. The van der Waals surface area contributed by atoms with Gasteiger partial charge in [-0.25, -0.2) is 0 Å². The Morgan fingerprint density at radius 1 is 1.39 bits per heavy atom. The third kappa shape index (κ3) is 4.40. The highest BCUT2D eigenvalue weighted by molar-refractivity contribution is 5.80. The van der Waals surface area contributed by atoms with Crippen molar-refractivity contribution in [1.82, 2.24) is 20.4 Å². The third-order valence-electron chi connectivity index (χ3n) is 5.50. The van der Waals surface area contributed by atoms with Crippen molar-refractivity contribution < 1.29 is 4.74 Å². The van der Waals surface area contributed by atoms with Gasteiger partial charge in [-0.05, 0) is 36.5 Å². The minimum Gasteiger partial charge on any atom is -0.493 e. The molecule has 0 radical (unpaired) electrons. The summed E-state index contributed by atoms with van der Waals surface area (Å²) in [4.78, 5) is 6.81. The molecule has 3 heterocycles. The van der Waals surface area contributed by atoms with E-state index >= 15 is 0 Å². The summed E-state index contributed by atoms with van der Waals surface area (Å²) in [6.45, 7) is 3.72. The number of anilines is 1. The molecule has 2 aromatic rings. The molecule has 7 heteroatoms. The van der Waals surface area contributed by atoms with Crippen molar-refractivity contribution in [2.24, 2.45) is 12.0 Å². The van der Waals surface area contributed by atoms with E-state index in [1.54, 1.807) is 0 Å². The second kappa shape index (κ2) is 8.54. The van der Waals surface area contributed by atoms with Crippen LogP contribution >= 0.6 is 0 Å². The number of guanidine groups is 1. The summed E-state index contributed by atoms with van der Waals surface area (Å²) in [6.07, 6.45) is 8.34. The summed E-state index contributed by atoms with van der Waals surface area (Å²) in [6, 6.07) is 6.92. The van der Waals surface area contributed by atoms with Crippen LogP contribution < -0.4 is 20.3 Å². The number of aromatic nitrogens is 2. The first-order valence-electron chi connectivity index (χ1n) is 10.2. The van der Waals surface area contributed by atoms with E-state index in [1.165, 1.54) is 23.2 Å². The fraction of sp³-hybridized carbons (Fsp3) is 0.524. The molecule has 28 heavy (non-hydrogen) atoms. The molecule has 1 unspecified atom stereocenters. The van der Waals surface area contributed by atoms with Crippen LogP contribution in [0.3, 0.4) is 0 Å². The molecule has 2 aliphatic heterocycles. The van der Waals surface area contributed by atoms with Crippen LogP contribution in [-0.2, 0) is 19.9 Å². The van der Waals surface area contributed by atoms with E-state index in [1.807, 2.05) is 25.0 Å². The summed E-state index contributed by atoms with van der Waals surface area (Å²) < 4.78 is 7.45. The van der Waals surface area contributed by atoms with Crippen LogP contribution in [0.2, 0.25) is 0 Å². The first kappa shape index (κ1) is 18.7. The number of aliphatic imine (C=N–C) groups is 1. The van der Waals surface area contributed by atoms with Crippen LogP contribution in [0, 0.1) is 0 Å². The standard InChI is InChI=1S/C21H30N6O/c1-22-21(23-9-7-16-5-6-20-17(12-16)8-11-28-20)25-18-4-3-10-27(14-18)19-13-24-26(2)15-19/h5-6,12-13,15,18H,3-4,7-11,14H2,1-2H3,(H2,22,23,25). The smallest absolute Gasteiger partial charge is 0.191 e. The molecule has 0 saturated carbocycles. The highest BCUT2D eigenvalue weighted by Gasteiger charge is 2.21. The van der Waals surface area contributed by atoms with Gasteiger partial charge in [0, 0.05) is 52.4 Å². The first-order chi connectivity index (χ1) is 13.7. The number of nitrogens with one attached hydrogen (secondary N) is 2. The Kier molecular flexibility index (Phi) is 5.69. The fourth-order valence-electron chi connectivity index (χ4n) is 4.01. The molecular weight excluding hydrogens is 352 g/mol. The molecule has 7 nitrogen and oxygen atoms in total. The molecule has 0 aliphatic carbocycles. The first-order valence-corrected chi connectivity index (χ1v) is 10.2. The van der Waals surface area contributed by atoms with Crippen LogP contribution in [0.1, 0.15) is 24.0 Å². The van der Waals surface area contributed by atoms with Crippen molar-refractivity contribution in [2.45, 2.75) is 31.7 Å². The molecule has 0 amide bonds. The van der Waals surface area contributed by atoms with E-state index in [2.05, 4.69) is 50.0 Å². The van der Waals surface area contributed by atoms with Gasteiger partial charge in [-0.1, -0.05) is 12.1 Å². The van der Waals surface area contributed by atoms with E-state index in [0.717, 1.165) is 57.2 Å². The predicted molar refractivity (Wildman–Crippen MR) is 112 cm³/mol. The Bertz CT molecular complexity index is 830. The normalized spacial score (nSPS) is 19.3. The Hall–Kier alpha value is -2.70. The van der Waals surface area contributed by atoms with Crippen molar-refractivity contribution in [3.63, 3.8) is 0 Å². The Labute approximate surface area is 166 Å². The van der Waals surface area contributed by atoms with Gasteiger partial charge in [0.25, 0.3) is 0 Å². The minimum atomic E-state index is 0.386. The molecule has 1 aromatic heterocycles. The third-order valence-corrected chi connectivity index (χ3v) is 5.50. The van der Waals surface area contributed by atoms with Gasteiger partial charge >= 0.3 is 0 Å². The van der Waals surface area contributed by atoms with Crippen molar-refractivity contribution in [2.75, 3.05) is 38.2 Å². The second-order valence-electron chi connectivity index (χ2n) is 7.59. The Balaban J connectivity index is 1.26. The number of rotatable bonds is 5. The number of nitrogens with zero attached hydrogens (tertiary/aromatic N) is 4. The molecular formula is C21H30N6O. The van der Waals surface area contributed by atoms with Crippen molar-refractivity contribution >= 4 is 11.6 Å². The fourth-order valence-corrected chi connectivity index (χ4v) is 4.01. The van der Waals surface area contributed by atoms with Gasteiger partial charge in [0.2, 0.25) is 0 Å². The lowest BCUT2D eigenvalue weighted by Gasteiger charge is -2.34. The monoisotopic (exact) mass is 382 g/mol. The highest BCUT2D eigenvalue weighted by Crippen LogP contribution is 2.25. The average molecular weight is 383 g/mol. The van der Waals surface area contributed by atoms with Gasteiger partial charge in [0.15, 0.2) is 5.96 Å². The lowest BCUT2D eigenvalue weighted by atomic mass is 10.1. The molecule has 1 aromatic carbocycles. The number of ether oxygens (including phenoxy) is 1. The lowest BCUT2D eigenvalue weighted by Crippen LogP contribution is -2.51. The summed E-state index contributed by atoms with van der Waals surface area (Å²) in [5.41, 5.74) is 3.86. The van der Waals surface area contributed by atoms with E-state index < -0.39 is 0 Å². The zero-order chi connectivity index (χ0) is 19.3. The summed E-state index contributed by atoms with van der Waals surface area (Å²) in [5.74, 6) is 1.92. The highest BCUT2D eigenvalue weighted by atomic mass is 16.5. The van der Waals surface area contributed by atoms with E-state index in [0.29, 0.717) is 6.04 Å². The number of aryl methyl sites for hydroxylation is 1. The van der Waals surface area contributed by atoms with Crippen LogP contribution in [0.15, 0.2) is 35.6 Å². The van der Waals surface area contributed by atoms with Crippen LogP contribution in [0.25, 0.3) is 0 Å². The second-order valence-corrected chi connectivity index (χ2v) is 7.59. The van der Waals surface area contributed by atoms with Gasteiger partial charge in [-0.15, -0.1) is 0 Å². The van der Waals surface area contributed by atoms with E-state index in [9.17, 15) is 0 Å². The van der Waals surface area contributed by atoms with Crippen LogP contribution in [0.5, 0.6) is 5.75 Å². The van der Waals surface area contributed by atoms with E-state index in [4.69, 9.17) is 4.74 Å². The van der Waals surface area contributed by atoms with Crippen molar-refractivity contribution in [3.8, 4) is 5.75 Å². The maximum absolute atomic E-state index is 5.59. The maximum Gasteiger partial charge on any atom is 0.191 e. The largest absolute Gasteiger partial charge is 0.493 e. The molecule has 0 spiro atoms. The number of hydrogen-bond acceptors (Lipinski definition) is 4. The number of piperidine rings is 1. The average Bonchev–Trinajstić information content (AvgIpc) is 3.36. The molecule has 1 atom stereocenters. The summed E-state index contributed by atoms with van der Waals surface area (Å²) in [5, 5.41) is 11.3. The molecule has 2 N–H and O–H groups in total. The van der Waals surface area contributed by atoms with Crippen LogP contribution in [-0.4, -0.2) is 55.1 Å². The lowest BCUT2D eigenvalue weighted by molar-refractivity contribution is 0.357. The number of hydrogen-bond donors (Lipinski definition) is 2. The maximum atomic E-state index is 5.59. The van der Waals surface area contributed by atoms with Crippen molar-refractivity contribution in [1.29, 1.82) is 0 Å². The SMILES string of the molecule is CN=C(NCCc1ccc2c(c1)CCO2)NC1CCCN(c2cnn(C)c2)C1. The van der Waals surface area contributed by atoms with Gasteiger partial charge in [-0.2, -0.15) is 5.10 Å². The van der Waals surface area contributed by atoms with Crippen molar-refractivity contribution in [3.05, 3.63) is 41.7 Å². The van der Waals surface area contributed by atoms with Gasteiger partial charge in [0.1, 0.15) is 5.75 Å². The zero-order valence-corrected chi connectivity index (χ0v) is 16.8. The quantitative estimate of drug-likeness (QED) is 0.609. The van der Waals surface area contributed by atoms with E-state index in [-0.39, 0.29) is 0 Å². The van der Waals surface area contributed by atoms with Crippen LogP contribution in [0.4, 0.5) is 5.69 Å². The molecule has 150 valence electrons. The Morgan fingerprint density at radius 2 is 2.32 bits per heavy atom. The predicted octanol–water partition coefficient (Wildman–Crippen LogP) is 1.73. The molecule has 0 bridgehead atoms. The van der Waals surface area contributed by atoms with Gasteiger partial charge in [0.05, 0.1) is 18.5 Å². The van der Waals surface area contributed by atoms with Gasteiger partial charge in [-0.3, -0.25) is 9.67 Å².